The summed E-state index contributed by atoms with van der Waals surface area (Å²) >= 11 is 0. The van der Waals surface area contributed by atoms with Crippen molar-refractivity contribution < 1.29 is 19.4 Å². The van der Waals surface area contributed by atoms with Gasteiger partial charge in [0, 0.05) is 13.2 Å². The number of carbonyl (C=O) groups excluding carboxylic acids is 1. The normalized spacial score (nSPS) is 18.6. The van der Waals surface area contributed by atoms with Crippen LogP contribution >= 0.6 is 0 Å². The first-order valence-corrected chi connectivity index (χ1v) is 8.74. The van der Waals surface area contributed by atoms with Crippen molar-refractivity contribution in [2.45, 2.75) is 31.8 Å². The minimum Gasteiger partial charge on any atom is -0.481 e. The molecule has 0 aromatic heterocycles. The number of ether oxygens (including phenoxy) is 1. The highest BCUT2D eigenvalue weighted by molar-refractivity contribution is 5.86. The van der Waals surface area contributed by atoms with Crippen molar-refractivity contribution in [2.75, 3.05) is 13.2 Å². The number of benzene rings is 2. The lowest BCUT2D eigenvalue weighted by Crippen LogP contribution is -2.42. The zero-order chi connectivity index (χ0) is 17.6. The molecule has 132 valence electrons. The Labute approximate surface area is 147 Å². The quantitative estimate of drug-likeness (QED) is 0.847. The largest absolute Gasteiger partial charge is 0.481 e. The van der Waals surface area contributed by atoms with E-state index in [4.69, 9.17) is 4.74 Å². The average Bonchev–Trinajstić information content (AvgIpc) is 2.65. The van der Waals surface area contributed by atoms with Crippen molar-refractivity contribution >= 4 is 22.6 Å². The molecule has 2 aromatic rings. The molecule has 0 bridgehead atoms. The van der Waals surface area contributed by atoms with Crippen molar-refractivity contribution in [3.63, 3.8) is 0 Å². The van der Waals surface area contributed by atoms with Crippen LogP contribution < -0.4 is 5.32 Å². The van der Waals surface area contributed by atoms with Gasteiger partial charge in [-0.2, -0.15) is 0 Å². The average molecular weight is 341 g/mol. The number of carbonyl (C=O) groups is 2. The van der Waals surface area contributed by atoms with Gasteiger partial charge >= 0.3 is 5.97 Å². The van der Waals surface area contributed by atoms with Gasteiger partial charge in [0.25, 0.3) is 0 Å². The molecule has 2 atom stereocenters. The molecule has 5 nitrogen and oxygen atoms in total. The van der Waals surface area contributed by atoms with Gasteiger partial charge in [0.2, 0.25) is 5.91 Å². The number of carboxylic acids is 1. The molecule has 1 fully saturated rings. The summed E-state index contributed by atoms with van der Waals surface area (Å²) < 4.78 is 5.45. The molecule has 1 aliphatic heterocycles. The monoisotopic (exact) mass is 341 g/mol. The van der Waals surface area contributed by atoms with E-state index in [1.807, 2.05) is 42.5 Å². The van der Waals surface area contributed by atoms with Crippen LogP contribution in [-0.4, -0.2) is 36.2 Å². The smallest absolute Gasteiger partial charge is 0.308 e. The van der Waals surface area contributed by atoms with E-state index >= 15 is 0 Å². The molecule has 1 aliphatic rings. The van der Waals surface area contributed by atoms with E-state index in [2.05, 4.69) is 5.32 Å². The fourth-order valence-electron chi connectivity index (χ4n) is 3.27. The molecule has 0 radical (unpaired) electrons. The van der Waals surface area contributed by atoms with Gasteiger partial charge in [-0.15, -0.1) is 0 Å². The first kappa shape index (κ1) is 17.4. The second-order valence-corrected chi connectivity index (χ2v) is 6.48. The Bertz CT molecular complexity index is 747. The number of nitrogens with one attached hydrogen (secondary N) is 1. The van der Waals surface area contributed by atoms with Crippen LogP contribution in [0.3, 0.4) is 0 Å². The van der Waals surface area contributed by atoms with E-state index < -0.39 is 18.0 Å². The predicted molar refractivity (Wildman–Crippen MR) is 95.4 cm³/mol. The second kappa shape index (κ2) is 8.12. The van der Waals surface area contributed by atoms with Crippen molar-refractivity contribution in [3.05, 3.63) is 48.0 Å². The minimum atomic E-state index is -0.905. The molecule has 3 rings (SSSR count). The third kappa shape index (κ3) is 4.37. The Balaban J connectivity index is 1.67. The number of hydrogen-bond acceptors (Lipinski definition) is 3. The zero-order valence-electron chi connectivity index (χ0n) is 14.1. The fraction of sp³-hybridized carbons (Fsp3) is 0.400. The zero-order valence-corrected chi connectivity index (χ0v) is 14.1. The first-order chi connectivity index (χ1) is 12.1. The molecule has 2 unspecified atom stereocenters. The molecule has 1 saturated heterocycles. The van der Waals surface area contributed by atoms with Crippen LogP contribution in [0.4, 0.5) is 0 Å². The van der Waals surface area contributed by atoms with Gasteiger partial charge in [-0.25, -0.2) is 0 Å². The highest BCUT2D eigenvalue weighted by Crippen LogP contribution is 2.21. The molecular weight excluding hydrogens is 318 g/mol. The highest BCUT2D eigenvalue weighted by Gasteiger charge is 2.25. The molecule has 0 aliphatic carbocycles. The van der Waals surface area contributed by atoms with Gasteiger partial charge in [0.1, 0.15) is 6.10 Å². The Morgan fingerprint density at radius 3 is 2.72 bits per heavy atom. The van der Waals surface area contributed by atoms with Crippen molar-refractivity contribution in [3.8, 4) is 0 Å². The highest BCUT2D eigenvalue weighted by atomic mass is 16.5. The molecule has 0 saturated carbocycles. The Morgan fingerprint density at radius 2 is 1.96 bits per heavy atom. The third-order valence-corrected chi connectivity index (χ3v) is 4.69. The van der Waals surface area contributed by atoms with E-state index in [0.717, 1.165) is 29.2 Å². The van der Waals surface area contributed by atoms with Crippen LogP contribution in [0.15, 0.2) is 42.5 Å². The maximum Gasteiger partial charge on any atom is 0.308 e. The summed E-state index contributed by atoms with van der Waals surface area (Å²) in [6.07, 6.45) is 2.58. The van der Waals surface area contributed by atoms with Crippen LogP contribution in [0.2, 0.25) is 0 Å². The van der Waals surface area contributed by atoms with Gasteiger partial charge < -0.3 is 15.2 Å². The van der Waals surface area contributed by atoms with Crippen LogP contribution in [-0.2, 0) is 20.7 Å². The van der Waals surface area contributed by atoms with Crippen molar-refractivity contribution in [1.82, 2.24) is 5.32 Å². The van der Waals surface area contributed by atoms with Crippen LogP contribution in [0.5, 0.6) is 0 Å². The molecule has 2 N–H and O–H groups in total. The third-order valence-electron chi connectivity index (χ3n) is 4.69. The van der Waals surface area contributed by atoms with Crippen molar-refractivity contribution in [2.24, 2.45) is 5.92 Å². The Kier molecular flexibility index (Phi) is 5.66. The lowest BCUT2D eigenvalue weighted by molar-refractivity contribution is -0.142. The molecule has 0 spiro atoms. The molecular formula is C20H23NO4. The SMILES string of the molecule is O=C(O)C(CNC(=O)C1CCCCO1)Cc1cccc2ccccc12. The number of amides is 1. The molecule has 2 aromatic carbocycles. The van der Waals surface area contributed by atoms with Gasteiger partial charge in [-0.05, 0) is 42.0 Å². The van der Waals surface area contributed by atoms with Gasteiger partial charge in [-0.1, -0.05) is 42.5 Å². The second-order valence-electron chi connectivity index (χ2n) is 6.48. The summed E-state index contributed by atoms with van der Waals surface area (Å²) in [7, 11) is 0. The van der Waals surface area contributed by atoms with E-state index in [1.165, 1.54) is 0 Å². The summed E-state index contributed by atoms with van der Waals surface area (Å²) in [6, 6.07) is 13.8. The summed E-state index contributed by atoms with van der Waals surface area (Å²) in [4.78, 5) is 23.8. The topological polar surface area (TPSA) is 75.6 Å². The van der Waals surface area contributed by atoms with E-state index in [9.17, 15) is 14.7 Å². The maximum absolute atomic E-state index is 12.2. The summed E-state index contributed by atoms with van der Waals surface area (Å²) in [6.45, 7) is 0.702. The number of carboxylic acid groups (broad SMARTS) is 1. The molecule has 1 amide bonds. The number of fused-ring (bicyclic) bond motifs is 1. The standard InChI is InChI=1S/C20H23NO4/c22-19(18-10-3-4-11-25-18)21-13-16(20(23)24)12-15-8-5-7-14-6-1-2-9-17(14)15/h1-2,5-9,16,18H,3-4,10-13H2,(H,21,22)(H,23,24). The molecule has 25 heavy (non-hydrogen) atoms. The summed E-state index contributed by atoms with van der Waals surface area (Å²) in [5.74, 6) is -1.78. The van der Waals surface area contributed by atoms with Crippen LogP contribution in [0, 0.1) is 5.92 Å². The molecule has 1 heterocycles. The van der Waals surface area contributed by atoms with Gasteiger partial charge in [0.15, 0.2) is 0 Å². The lowest BCUT2D eigenvalue weighted by atomic mass is 9.94. The van der Waals surface area contributed by atoms with Crippen molar-refractivity contribution in [1.29, 1.82) is 0 Å². The van der Waals surface area contributed by atoms with Crippen LogP contribution in [0.1, 0.15) is 24.8 Å². The minimum absolute atomic E-state index is 0.108. The number of rotatable bonds is 6. The Hall–Kier alpha value is -2.40. The predicted octanol–water partition coefficient (Wildman–Crippen LogP) is 2.77. The van der Waals surface area contributed by atoms with E-state index in [0.29, 0.717) is 19.4 Å². The first-order valence-electron chi connectivity index (χ1n) is 8.74. The number of hydrogen-bond donors (Lipinski definition) is 2. The fourth-order valence-corrected chi connectivity index (χ4v) is 3.27. The van der Waals surface area contributed by atoms with Gasteiger partial charge in [0.05, 0.1) is 5.92 Å². The Morgan fingerprint density at radius 1 is 1.16 bits per heavy atom. The van der Waals surface area contributed by atoms with Gasteiger partial charge in [-0.3, -0.25) is 9.59 Å². The van der Waals surface area contributed by atoms with Crippen LogP contribution in [0.25, 0.3) is 10.8 Å². The lowest BCUT2D eigenvalue weighted by Gasteiger charge is -2.22. The molecule has 5 heteroatoms. The van der Waals surface area contributed by atoms with E-state index in [1.54, 1.807) is 0 Å². The summed E-state index contributed by atoms with van der Waals surface area (Å²) in [5.41, 5.74) is 0.980. The number of aliphatic carboxylic acids is 1. The maximum atomic E-state index is 12.2. The van der Waals surface area contributed by atoms with E-state index in [-0.39, 0.29) is 12.5 Å². The summed E-state index contributed by atoms with van der Waals surface area (Å²) in [5, 5.41) is 14.4.